The van der Waals surface area contributed by atoms with Gasteiger partial charge in [0.25, 0.3) is 0 Å². The van der Waals surface area contributed by atoms with Gasteiger partial charge in [-0.15, -0.1) is 0 Å². The molecular formula is C41H66N2O6. The lowest BCUT2D eigenvalue weighted by molar-refractivity contribution is -0.233. The molecule has 0 aromatic rings. The molecule has 5 saturated carbocycles. The van der Waals surface area contributed by atoms with Gasteiger partial charge in [-0.1, -0.05) is 46.8 Å². The molecule has 5 aliphatic rings. The molecule has 0 saturated heterocycles. The first kappa shape index (κ1) is 37.9. The fourth-order valence-corrected chi connectivity index (χ4v) is 12.9. The molecule has 0 radical (unpaired) electrons. The van der Waals surface area contributed by atoms with Crippen LogP contribution in [0.1, 0.15) is 146 Å². The van der Waals surface area contributed by atoms with Gasteiger partial charge in [-0.2, -0.15) is 0 Å². The van der Waals surface area contributed by atoms with Crippen LogP contribution in [0.25, 0.3) is 0 Å². The van der Waals surface area contributed by atoms with Crippen molar-refractivity contribution in [2.75, 3.05) is 6.54 Å². The standard InChI is InChI=1S/C41H66N2O6/c1-25(2)26-16-21-41(34(47)42-24-12-11-13-28(33(45)46)43-35(48)49-36(3,4)5)23-22-39(9)27(32(26)41)14-15-30-38(8)19-18-31(44)37(6,7)29(38)17-20-40(30,39)10/h26-30,32H,1,11-24H2,2-10H3,(H,42,47)(H,43,48)(H,45,46)/t26?,27-,28?,29+,30-,32?,38+,39-,40-,41?/m1/s1. The van der Waals surface area contributed by atoms with Crippen LogP contribution < -0.4 is 10.6 Å². The molecule has 0 bridgehead atoms. The van der Waals surface area contributed by atoms with E-state index in [-0.39, 0.29) is 39.9 Å². The SMILES string of the molecule is C=C(C)C1CCC2(C(=O)NCCCCC(NC(=O)OC(C)(C)C)C(=O)O)CC[C@]3(C)[C@H](CC[C@@H]4[C@@]5(C)CCC(=O)C(C)(C)[C@@H]5CC[C@]43C)C12. The summed E-state index contributed by atoms with van der Waals surface area (Å²) < 4.78 is 5.24. The van der Waals surface area contributed by atoms with Crippen LogP contribution in [0.2, 0.25) is 0 Å². The van der Waals surface area contributed by atoms with Crippen LogP contribution in [-0.4, -0.2) is 47.0 Å². The Kier molecular flexibility index (Phi) is 10.0. The Hall–Kier alpha value is -2.38. The number of carbonyl (C=O) groups is 4. The Balaban J connectivity index is 1.29. The minimum absolute atomic E-state index is 0.120. The zero-order valence-electron chi connectivity index (χ0n) is 32.1. The predicted octanol–water partition coefficient (Wildman–Crippen LogP) is 8.48. The molecule has 0 heterocycles. The van der Waals surface area contributed by atoms with Gasteiger partial charge in [-0.05, 0) is 151 Å². The number of ether oxygens (including phenoxy) is 1. The third kappa shape index (κ3) is 6.27. The van der Waals surface area contributed by atoms with Crippen molar-refractivity contribution in [1.29, 1.82) is 0 Å². The molecule has 0 aromatic heterocycles. The summed E-state index contributed by atoms with van der Waals surface area (Å²) in [5, 5.41) is 15.5. The largest absolute Gasteiger partial charge is 0.480 e. The van der Waals surface area contributed by atoms with Gasteiger partial charge >= 0.3 is 12.1 Å². The number of aliphatic carboxylic acids is 1. The molecule has 5 rings (SSSR count). The molecule has 0 spiro atoms. The molecule has 3 N–H and O–H groups in total. The summed E-state index contributed by atoms with van der Waals surface area (Å²) >= 11 is 0. The molecule has 10 atom stereocenters. The van der Waals surface area contributed by atoms with E-state index in [0.717, 1.165) is 51.4 Å². The van der Waals surface area contributed by atoms with Crippen molar-refractivity contribution in [3.8, 4) is 0 Å². The normalized spacial score (nSPS) is 40.1. The number of unbranched alkanes of at least 4 members (excludes halogenated alkanes) is 1. The molecule has 8 nitrogen and oxygen atoms in total. The highest BCUT2D eigenvalue weighted by Gasteiger charge is 2.71. The van der Waals surface area contributed by atoms with Crippen molar-refractivity contribution in [2.45, 2.75) is 157 Å². The number of ketones is 1. The molecule has 5 aliphatic carbocycles. The van der Waals surface area contributed by atoms with Gasteiger partial charge in [0.2, 0.25) is 5.91 Å². The van der Waals surface area contributed by atoms with Crippen molar-refractivity contribution in [2.24, 2.45) is 56.7 Å². The summed E-state index contributed by atoms with van der Waals surface area (Å²) in [5.41, 5.74) is 0.278. The maximum Gasteiger partial charge on any atom is 0.408 e. The fourth-order valence-electron chi connectivity index (χ4n) is 12.9. The van der Waals surface area contributed by atoms with Gasteiger partial charge in [0.05, 0.1) is 5.41 Å². The lowest BCUT2D eigenvalue weighted by atomic mass is 9.32. The smallest absolute Gasteiger partial charge is 0.408 e. The molecule has 4 unspecified atom stereocenters. The highest BCUT2D eigenvalue weighted by molar-refractivity contribution is 5.85. The highest BCUT2D eigenvalue weighted by atomic mass is 16.6. The van der Waals surface area contributed by atoms with Crippen LogP contribution in [-0.2, 0) is 19.1 Å². The van der Waals surface area contributed by atoms with Crippen molar-refractivity contribution in [3.63, 3.8) is 0 Å². The molecular weight excluding hydrogens is 616 g/mol. The molecule has 276 valence electrons. The molecule has 2 amide bonds. The lowest BCUT2D eigenvalue weighted by Crippen LogP contribution is -2.67. The minimum atomic E-state index is -1.09. The van der Waals surface area contributed by atoms with Crippen molar-refractivity contribution >= 4 is 23.8 Å². The van der Waals surface area contributed by atoms with Crippen LogP contribution in [0.5, 0.6) is 0 Å². The summed E-state index contributed by atoms with van der Waals surface area (Å²) in [6.45, 7) is 24.4. The van der Waals surface area contributed by atoms with Crippen molar-refractivity contribution in [1.82, 2.24) is 10.6 Å². The van der Waals surface area contributed by atoms with Gasteiger partial charge in [-0.3, -0.25) is 9.59 Å². The Morgan fingerprint density at radius 1 is 0.918 bits per heavy atom. The highest BCUT2D eigenvalue weighted by Crippen LogP contribution is 2.77. The summed E-state index contributed by atoms with van der Waals surface area (Å²) in [4.78, 5) is 51.5. The van der Waals surface area contributed by atoms with Gasteiger partial charge < -0.3 is 20.5 Å². The minimum Gasteiger partial charge on any atom is -0.480 e. The van der Waals surface area contributed by atoms with Crippen LogP contribution in [0.15, 0.2) is 12.2 Å². The second-order valence-corrected chi connectivity index (χ2v) is 19.3. The van der Waals surface area contributed by atoms with E-state index in [1.165, 1.54) is 12.0 Å². The summed E-state index contributed by atoms with van der Waals surface area (Å²) in [5.74, 6) is 1.59. The number of carboxylic acid groups (broad SMARTS) is 1. The van der Waals surface area contributed by atoms with Crippen molar-refractivity contribution < 1.29 is 29.0 Å². The van der Waals surface area contributed by atoms with Gasteiger partial charge in [0.1, 0.15) is 17.4 Å². The maximum atomic E-state index is 14.4. The first-order valence-electron chi connectivity index (χ1n) is 19.3. The molecule has 5 fully saturated rings. The van der Waals surface area contributed by atoms with Crippen LogP contribution >= 0.6 is 0 Å². The van der Waals surface area contributed by atoms with E-state index in [2.05, 4.69) is 58.8 Å². The third-order valence-electron chi connectivity index (χ3n) is 15.5. The van der Waals surface area contributed by atoms with E-state index < -0.39 is 29.1 Å². The Morgan fingerprint density at radius 3 is 2.24 bits per heavy atom. The number of alkyl carbamates (subject to hydrolysis) is 1. The molecule has 0 aliphatic heterocycles. The average Bonchev–Trinajstić information content (AvgIpc) is 3.39. The zero-order chi connectivity index (χ0) is 36.4. The van der Waals surface area contributed by atoms with E-state index in [1.54, 1.807) is 20.8 Å². The fraction of sp³-hybridized carbons (Fsp3) is 0.854. The number of rotatable bonds is 9. The number of hydrogen-bond acceptors (Lipinski definition) is 5. The summed E-state index contributed by atoms with van der Waals surface area (Å²) in [6.07, 6.45) is 10.9. The summed E-state index contributed by atoms with van der Waals surface area (Å²) in [7, 11) is 0. The zero-order valence-corrected chi connectivity index (χ0v) is 32.1. The number of amides is 2. The Morgan fingerprint density at radius 2 is 1.61 bits per heavy atom. The number of hydrogen-bond donors (Lipinski definition) is 3. The number of nitrogens with one attached hydrogen (secondary N) is 2. The Labute approximate surface area is 295 Å². The van der Waals surface area contributed by atoms with E-state index >= 15 is 0 Å². The van der Waals surface area contributed by atoms with Gasteiger partial charge in [0.15, 0.2) is 0 Å². The molecule has 0 aromatic carbocycles. The van der Waals surface area contributed by atoms with E-state index in [0.29, 0.717) is 55.3 Å². The predicted molar refractivity (Wildman–Crippen MR) is 192 cm³/mol. The number of fused-ring (bicyclic) bond motifs is 7. The van der Waals surface area contributed by atoms with Crippen molar-refractivity contribution in [3.05, 3.63) is 12.2 Å². The van der Waals surface area contributed by atoms with E-state index in [9.17, 15) is 24.3 Å². The number of carbonyl (C=O) groups excluding carboxylic acids is 3. The van der Waals surface area contributed by atoms with Crippen LogP contribution in [0.3, 0.4) is 0 Å². The monoisotopic (exact) mass is 682 g/mol. The number of allylic oxidation sites excluding steroid dienone is 1. The van der Waals surface area contributed by atoms with E-state index in [1.807, 2.05) is 0 Å². The topological polar surface area (TPSA) is 122 Å². The maximum absolute atomic E-state index is 14.4. The molecule has 49 heavy (non-hydrogen) atoms. The number of carboxylic acids is 1. The van der Waals surface area contributed by atoms with Gasteiger partial charge in [-0.25, -0.2) is 9.59 Å². The second kappa shape index (κ2) is 13.0. The number of Topliss-reactive ketones (excluding diaryl/α,β-unsaturated/α-hetero) is 1. The van der Waals surface area contributed by atoms with E-state index in [4.69, 9.17) is 4.74 Å². The Bertz CT molecular complexity index is 1350. The first-order chi connectivity index (χ1) is 22.6. The average molecular weight is 683 g/mol. The third-order valence-corrected chi connectivity index (χ3v) is 15.5. The lowest BCUT2D eigenvalue weighted by Gasteiger charge is -2.72. The van der Waals surface area contributed by atoms with Gasteiger partial charge in [0, 0.05) is 18.4 Å². The van der Waals surface area contributed by atoms with Crippen LogP contribution in [0, 0.1) is 56.7 Å². The quantitative estimate of drug-likeness (QED) is 0.166. The summed E-state index contributed by atoms with van der Waals surface area (Å²) in [6, 6.07) is -1.04. The second-order valence-electron chi connectivity index (χ2n) is 19.3. The van der Waals surface area contributed by atoms with Crippen LogP contribution in [0.4, 0.5) is 4.79 Å². The molecule has 8 heteroatoms. The first-order valence-corrected chi connectivity index (χ1v) is 19.3.